The molecule has 7 rings (SSSR count). The lowest BCUT2D eigenvalue weighted by Gasteiger charge is -2.49. The Labute approximate surface area is 333 Å². The van der Waals surface area contributed by atoms with E-state index in [2.05, 4.69) is 25.0 Å². The standard InChI is InChI=1S/C39H33N7O7S3/c1-23(47)51-24(2)52-37(50)34-25(17-18-28-21-56-45-44-28)20-54-36-33(35(49)46(34)36)43-32(48)19-41-53-39(26-11-5-3-6-12-26,27-13-7-4-8-14-27)30-16-10-9-15-29(30)31-22-55-38(40)42-31/h3-19,21-22,24,33,36H,20H2,1-2H3,(H2,40,42)(H,43,48)/b18-17-,41-19-. The van der Waals surface area contributed by atoms with Crippen LogP contribution >= 0.6 is 34.6 Å². The van der Waals surface area contributed by atoms with Crippen molar-refractivity contribution in [2.45, 2.75) is 37.2 Å². The van der Waals surface area contributed by atoms with Crippen molar-refractivity contribution >= 4 is 75.8 Å². The number of oxime groups is 1. The van der Waals surface area contributed by atoms with Gasteiger partial charge in [0.15, 0.2) is 5.13 Å². The molecule has 3 N–H and O–H groups in total. The lowest BCUT2D eigenvalue weighted by molar-refractivity contribution is -0.182. The van der Waals surface area contributed by atoms with Crippen LogP contribution in [0.1, 0.15) is 36.2 Å². The van der Waals surface area contributed by atoms with E-state index in [-0.39, 0.29) is 5.70 Å². The molecular formula is C39H33N7O7S3. The normalized spacial score (nSPS) is 17.3. The summed E-state index contributed by atoms with van der Waals surface area (Å²) in [5.74, 6) is -2.46. The van der Waals surface area contributed by atoms with Crippen LogP contribution in [0.4, 0.5) is 5.13 Å². The van der Waals surface area contributed by atoms with E-state index in [4.69, 9.17) is 20.0 Å². The zero-order valence-corrected chi connectivity index (χ0v) is 32.3. The maximum Gasteiger partial charge on any atom is 0.358 e. The summed E-state index contributed by atoms with van der Waals surface area (Å²) in [6.07, 6.45) is 3.10. The minimum absolute atomic E-state index is 0.0317. The van der Waals surface area contributed by atoms with Gasteiger partial charge < -0.3 is 25.4 Å². The van der Waals surface area contributed by atoms with Gasteiger partial charge in [-0.3, -0.25) is 19.3 Å². The number of nitrogens with one attached hydrogen (secondary N) is 1. The number of anilines is 1. The van der Waals surface area contributed by atoms with Gasteiger partial charge in [0.25, 0.3) is 11.8 Å². The molecular weight excluding hydrogens is 775 g/mol. The minimum atomic E-state index is -1.36. The van der Waals surface area contributed by atoms with Gasteiger partial charge >= 0.3 is 11.9 Å². The van der Waals surface area contributed by atoms with Crippen molar-refractivity contribution in [1.29, 1.82) is 0 Å². The molecule has 0 spiro atoms. The highest BCUT2D eigenvalue weighted by atomic mass is 32.2. The third kappa shape index (κ3) is 7.82. The number of hydrogen-bond acceptors (Lipinski definition) is 15. The van der Waals surface area contributed by atoms with E-state index in [1.54, 1.807) is 17.5 Å². The van der Waals surface area contributed by atoms with E-state index < -0.39 is 47.1 Å². The third-order valence-corrected chi connectivity index (χ3v) is 11.2. The van der Waals surface area contributed by atoms with Crippen molar-refractivity contribution in [3.05, 3.63) is 135 Å². The Morgan fingerprint density at radius 2 is 1.68 bits per heavy atom. The van der Waals surface area contributed by atoms with Crippen LogP contribution in [0, 0.1) is 0 Å². The lowest BCUT2D eigenvalue weighted by atomic mass is 9.78. The van der Waals surface area contributed by atoms with Crippen LogP contribution in [-0.2, 0) is 39.1 Å². The summed E-state index contributed by atoms with van der Waals surface area (Å²) in [6.45, 7) is 2.58. The first kappa shape index (κ1) is 38.1. The van der Waals surface area contributed by atoms with Crippen molar-refractivity contribution in [3.63, 3.8) is 0 Å². The molecule has 1 saturated heterocycles. The monoisotopic (exact) mass is 807 g/mol. The quantitative estimate of drug-likeness (QED) is 0.0388. The average molecular weight is 808 g/mol. The number of thioether (sulfide) groups is 1. The van der Waals surface area contributed by atoms with Gasteiger partial charge in [-0.15, -0.1) is 28.2 Å². The van der Waals surface area contributed by atoms with Crippen LogP contribution in [-0.4, -0.2) is 72.9 Å². The number of fused-ring (bicyclic) bond motifs is 1. The number of nitrogen functional groups attached to an aromatic ring is 1. The maximum atomic E-state index is 13.7. The van der Waals surface area contributed by atoms with Gasteiger partial charge in [0.2, 0.25) is 11.9 Å². The molecule has 2 aliphatic heterocycles. The largest absolute Gasteiger partial charge is 0.426 e. The Bertz CT molecular complexity index is 2290. The van der Waals surface area contributed by atoms with Gasteiger partial charge in [-0.1, -0.05) is 101 Å². The zero-order valence-electron chi connectivity index (χ0n) is 29.8. The third-order valence-electron chi connectivity index (χ3n) is 8.75. The molecule has 2 aliphatic rings. The number of allylic oxidation sites excluding steroid dienone is 1. The van der Waals surface area contributed by atoms with E-state index in [9.17, 15) is 19.2 Å². The fraction of sp³-hybridized carbons (Fsp3) is 0.179. The molecule has 1 fully saturated rings. The second-order valence-electron chi connectivity index (χ2n) is 12.4. The molecule has 2 amide bonds. The average Bonchev–Trinajstić information content (AvgIpc) is 3.90. The molecule has 0 aliphatic carbocycles. The molecule has 284 valence electrons. The van der Waals surface area contributed by atoms with Crippen molar-refractivity contribution in [1.82, 2.24) is 24.8 Å². The minimum Gasteiger partial charge on any atom is -0.426 e. The van der Waals surface area contributed by atoms with Gasteiger partial charge in [-0.2, -0.15) is 0 Å². The van der Waals surface area contributed by atoms with Crippen molar-refractivity contribution in [3.8, 4) is 11.3 Å². The molecule has 3 atom stereocenters. The number of amides is 2. The van der Waals surface area contributed by atoms with Crippen LogP contribution in [0.25, 0.3) is 17.3 Å². The van der Waals surface area contributed by atoms with Crippen LogP contribution in [0.15, 0.2) is 118 Å². The number of benzene rings is 3. The molecule has 3 unspecified atom stereocenters. The molecule has 5 aromatic rings. The summed E-state index contributed by atoms with van der Waals surface area (Å²) >= 11 is 3.83. The van der Waals surface area contributed by atoms with Gasteiger partial charge in [-0.05, 0) is 23.2 Å². The molecule has 0 bridgehead atoms. The van der Waals surface area contributed by atoms with E-state index in [1.165, 1.54) is 41.8 Å². The number of nitrogens with zero attached hydrogens (tertiary/aromatic N) is 5. The molecule has 0 saturated carbocycles. The van der Waals surface area contributed by atoms with Crippen LogP contribution < -0.4 is 11.1 Å². The number of rotatable bonds is 13. The number of esters is 2. The highest BCUT2D eigenvalue weighted by Crippen LogP contribution is 2.45. The summed E-state index contributed by atoms with van der Waals surface area (Å²) in [5, 5.41) is 14.3. The Kier molecular flexibility index (Phi) is 11.4. The SMILES string of the molecule is CC(=O)OC(C)OC(=O)C1=C(/C=C\c2csnn2)CSC2C(NC(=O)/C=N\OC(c3ccccc3)(c3ccccc3)c3ccccc3-c3csc(N)n3)C(=O)N12. The number of hydrogen-bond donors (Lipinski definition) is 2. The first-order chi connectivity index (χ1) is 27.2. The number of nitrogens with two attached hydrogens (primary N) is 1. The van der Waals surface area contributed by atoms with E-state index >= 15 is 0 Å². The topological polar surface area (TPSA) is 188 Å². The van der Waals surface area contributed by atoms with Crippen molar-refractivity contribution < 1.29 is 33.5 Å². The summed E-state index contributed by atoms with van der Waals surface area (Å²) in [4.78, 5) is 64.4. The van der Waals surface area contributed by atoms with Gasteiger partial charge in [-0.25, -0.2) is 9.78 Å². The number of β-lactam (4-membered cyclic amide) rings is 1. The second kappa shape index (κ2) is 16.7. The van der Waals surface area contributed by atoms with E-state index in [0.717, 1.165) is 34.4 Å². The number of thiazole rings is 1. The maximum absolute atomic E-state index is 13.7. The first-order valence-corrected chi connectivity index (χ1v) is 19.9. The van der Waals surface area contributed by atoms with Gasteiger partial charge in [0.05, 0.1) is 11.4 Å². The molecule has 4 heterocycles. The van der Waals surface area contributed by atoms with Gasteiger partial charge in [0, 0.05) is 52.6 Å². The lowest BCUT2D eigenvalue weighted by Crippen LogP contribution is -2.70. The smallest absolute Gasteiger partial charge is 0.358 e. The molecule has 17 heteroatoms. The summed E-state index contributed by atoms with van der Waals surface area (Å²) < 4.78 is 14.2. The van der Waals surface area contributed by atoms with Crippen molar-refractivity contribution in [2.75, 3.05) is 11.5 Å². The molecule has 3 aromatic carbocycles. The first-order valence-electron chi connectivity index (χ1n) is 17.1. The molecule has 2 aromatic heterocycles. The van der Waals surface area contributed by atoms with E-state index in [0.29, 0.717) is 33.4 Å². The number of carbonyl (C=O) groups is 4. The predicted molar refractivity (Wildman–Crippen MR) is 213 cm³/mol. The summed E-state index contributed by atoms with van der Waals surface area (Å²) in [5.41, 5.74) is 9.26. The van der Waals surface area contributed by atoms with Crippen LogP contribution in [0.3, 0.4) is 0 Å². The number of aromatic nitrogens is 3. The van der Waals surface area contributed by atoms with Crippen LogP contribution in [0.2, 0.25) is 0 Å². The second-order valence-corrected chi connectivity index (χ2v) is 15.0. The number of ether oxygens (including phenoxy) is 2. The molecule has 14 nitrogen and oxygen atoms in total. The summed E-state index contributed by atoms with van der Waals surface area (Å²) in [7, 11) is 0. The highest BCUT2D eigenvalue weighted by molar-refractivity contribution is 8.00. The Hall–Kier alpha value is -6.17. The van der Waals surface area contributed by atoms with E-state index in [1.807, 2.05) is 90.3 Å². The predicted octanol–water partition coefficient (Wildman–Crippen LogP) is 5.36. The molecule has 56 heavy (non-hydrogen) atoms. The number of carbonyl (C=O) groups excluding carboxylic acids is 4. The Balaban J connectivity index is 1.16. The Morgan fingerprint density at radius 3 is 2.32 bits per heavy atom. The van der Waals surface area contributed by atoms with Gasteiger partial charge in [0.1, 0.15) is 23.3 Å². The fourth-order valence-corrected chi connectivity index (χ4v) is 8.71. The zero-order chi connectivity index (χ0) is 39.2. The van der Waals surface area contributed by atoms with Crippen molar-refractivity contribution in [2.24, 2.45) is 5.16 Å². The van der Waals surface area contributed by atoms with Crippen LogP contribution in [0.5, 0.6) is 0 Å². The highest BCUT2D eigenvalue weighted by Gasteiger charge is 2.54. The summed E-state index contributed by atoms with van der Waals surface area (Å²) in [6, 6.07) is 25.6. The molecule has 0 radical (unpaired) electrons. The Morgan fingerprint density at radius 1 is 0.982 bits per heavy atom. The fourth-order valence-electron chi connectivity index (χ4n) is 6.40.